The van der Waals surface area contributed by atoms with Crippen LogP contribution in [0.1, 0.15) is 33.4 Å². The van der Waals surface area contributed by atoms with Gasteiger partial charge in [0.15, 0.2) is 0 Å². The van der Waals surface area contributed by atoms with E-state index < -0.39 is 34.4 Å². The van der Waals surface area contributed by atoms with Crippen molar-refractivity contribution < 1.29 is 17.6 Å². The Bertz CT molecular complexity index is 663. The van der Waals surface area contributed by atoms with Crippen LogP contribution in [0.5, 0.6) is 0 Å². The van der Waals surface area contributed by atoms with Crippen molar-refractivity contribution in [3.8, 4) is 11.1 Å². The van der Waals surface area contributed by atoms with Crippen LogP contribution in [-0.2, 0) is 0 Å². The quantitative estimate of drug-likeness (QED) is 0.587. The van der Waals surface area contributed by atoms with Crippen LogP contribution >= 0.6 is 0 Å². The number of rotatable bonds is 1. The summed E-state index contributed by atoms with van der Waals surface area (Å²) in [6.45, 7) is 9.07. The molecule has 0 heterocycles. The van der Waals surface area contributed by atoms with E-state index in [9.17, 15) is 17.6 Å². The standard InChI is InChI=1S/C18H18F4/c1-7-9(3)15(19)13(16(20)10(7)4)14-17(21)11(5)8(2)12(6)18(14)22/h1-6H3. The van der Waals surface area contributed by atoms with Crippen molar-refractivity contribution >= 4 is 0 Å². The molecule has 0 spiro atoms. The minimum Gasteiger partial charge on any atom is -0.206 e. The summed E-state index contributed by atoms with van der Waals surface area (Å²) in [5.74, 6) is -3.66. The summed E-state index contributed by atoms with van der Waals surface area (Å²) in [6, 6.07) is 0. The number of hydrogen-bond acceptors (Lipinski definition) is 0. The van der Waals surface area contributed by atoms with Crippen molar-refractivity contribution in [3.05, 3.63) is 56.6 Å². The molecule has 0 saturated heterocycles. The molecule has 4 heteroatoms. The number of hydrogen-bond donors (Lipinski definition) is 0. The van der Waals surface area contributed by atoms with Gasteiger partial charge in [0, 0.05) is 0 Å². The van der Waals surface area contributed by atoms with Crippen molar-refractivity contribution in [2.24, 2.45) is 0 Å². The van der Waals surface area contributed by atoms with Gasteiger partial charge in [-0.3, -0.25) is 0 Å². The summed E-state index contributed by atoms with van der Waals surface area (Å²) < 4.78 is 58.2. The lowest BCUT2D eigenvalue weighted by Crippen LogP contribution is -2.07. The fraction of sp³-hybridized carbons (Fsp3) is 0.333. The summed E-state index contributed by atoms with van der Waals surface area (Å²) in [5.41, 5.74) is 0.433. The van der Waals surface area contributed by atoms with Gasteiger partial charge >= 0.3 is 0 Å². The Balaban J connectivity index is 3.03. The summed E-state index contributed by atoms with van der Waals surface area (Å²) in [5, 5.41) is 0. The molecule has 0 radical (unpaired) electrons. The minimum atomic E-state index is -0.916. The van der Waals surface area contributed by atoms with Crippen LogP contribution in [0.3, 0.4) is 0 Å². The van der Waals surface area contributed by atoms with E-state index in [2.05, 4.69) is 0 Å². The summed E-state index contributed by atoms with van der Waals surface area (Å²) in [6.07, 6.45) is 0. The SMILES string of the molecule is Cc1c(C)c(F)c(-c2c(F)c(C)c(C)c(C)c2F)c(F)c1C. The Morgan fingerprint density at radius 3 is 0.727 bits per heavy atom. The van der Waals surface area contributed by atoms with E-state index in [0.717, 1.165) is 0 Å². The van der Waals surface area contributed by atoms with Gasteiger partial charge in [-0.15, -0.1) is 0 Å². The van der Waals surface area contributed by atoms with Gasteiger partial charge in [-0.25, -0.2) is 17.6 Å². The molecule has 0 amide bonds. The van der Waals surface area contributed by atoms with Crippen LogP contribution in [0.4, 0.5) is 17.6 Å². The molecular formula is C18H18F4. The van der Waals surface area contributed by atoms with Crippen LogP contribution in [0, 0.1) is 64.8 Å². The van der Waals surface area contributed by atoms with Crippen molar-refractivity contribution in [3.63, 3.8) is 0 Å². The van der Waals surface area contributed by atoms with Crippen molar-refractivity contribution in [2.75, 3.05) is 0 Å². The van der Waals surface area contributed by atoms with E-state index in [0.29, 0.717) is 11.1 Å². The van der Waals surface area contributed by atoms with Crippen LogP contribution < -0.4 is 0 Å². The topological polar surface area (TPSA) is 0 Å². The molecule has 118 valence electrons. The maximum Gasteiger partial charge on any atom is 0.137 e. The maximum atomic E-state index is 14.5. The highest BCUT2D eigenvalue weighted by molar-refractivity contribution is 5.71. The Kier molecular flexibility index (Phi) is 4.07. The molecular weight excluding hydrogens is 292 g/mol. The van der Waals surface area contributed by atoms with Crippen molar-refractivity contribution in [2.45, 2.75) is 41.5 Å². The molecule has 0 nitrogen and oxygen atoms in total. The molecule has 0 fully saturated rings. The van der Waals surface area contributed by atoms with E-state index >= 15 is 0 Å². The predicted molar refractivity (Wildman–Crippen MR) is 80.1 cm³/mol. The van der Waals surface area contributed by atoms with E-state index in [1.807, 2.05) is 0 Å². The summed E-state index contributed by atoms with van der Waals surface area (Å²) in [7, 11) is 0. The first-order valence-corrected chi connectivity index (χ1v) is 7.01. The molecule has 0 aliphatic rings. The van der Waals surface area contributed by atoms with Crippen LogP contribution in [0.25, 0.3) is 11.1 Å². The van der Waals surface area contributed by atoms with Crippen LogP contribution in [0.2, 0.25) is 0 Å². The third kappa shape index (κ3) is 2.13. The molecule has 0 saturated carbocycles. The zero-order chi connectivity index (χ0) is 16.9. The summed E-state index contributed by atoms with van der Waals surface area (Å²) >= 11 is 0. The summed E-state index contributed by atoms with van der Waals surface area (Å²) in [4.78, 5) is 0. The van der Waals surface area contributed by atoms with Gasteiger partial charge < -0.3 is 0 Å². The zero-order valence-corrected chi connectivity index (χ0v) is 13.5. The van der Waals surface area contributed by atoms with E-state index in [1.165, 1.54) is 27.7 Å². The molecule has 0 N–H and O–H groups in total. The minimum absolute atomic E-state index is 0.198. The van der Waals surface area contributed by atoms with Gasteiger partial charge in [0.1, 0.15) is 23.3 Å². The first kappa shape index (κ1) is 16.5. The lowest BCUT2D eigenvalue weighted by molar-refractivity contribution is 0.549. The largest absolute Gasteiger partial charge is 0.206 e. The first-order valence-electron chi connectivity index (χ1n) is 7.01. The van der Waals surface area contributed by atoms with Crippen molar-refractivity contribution in [1.29, 1.82) is 0 Å². The normalized spacial score (nSPS) is 11.2. The molecule has 2 rings (SSSR count). The third-order valence-corrected chi connectivity index (χ3v) is 4.69. The Hall–Kier alpha value is -1.84. The highest BCUT2D eigenvalue weighted by Gasteiger charge is 2.27. The molecule has 0 aliphatic carbocycles. The third-order valence-electron chi connectivity index (χ3n) is 4.69. The Morgan fingerprint density at radius 2 is 0.545 bits per heavy atom. The smallest absolute Gasteiger partial charge is 0.137 e. The van der Waals surface area contributed by atoms with E-state index in [1.54, 1.807) is 13.8 Å². The lowest BCUT2D eigenvalue weighted by atomic mass is 9.90. The van der Waals surface area contributed by atoms with E-state index in [-0.39, 0.29) is 22.3 Å². The highest BCUT2D eigenvalue weighted by atomic mass is 19.1. The fourth-order valence-corrected chi connectivity index (χ4v) is 2.60. The second-order valence-corrected chi connectivity index (χ2v) is 5.76. The Morgan fingerprint density at radius 1 is 0.364 bits per heavy atom. The molecule has 2 aromatic rings. The van der Waals surface area contributed by atoms with Gasteiger partial charge in [-0.1, -0.05) is 0 Å². The lowest BCUT2D eigenvalue weighted by Gasteiger charge is -2.18. The fourth-order valence-electron chi connectivity index (χ4n) is 2.60. The second kappa shape index (κ2) is 5.41. The van der Waals surface area contributed by atoms with Gasteiger partial charge in [0.05, 0.1) is 11.1 Å². The average Bonchev–Trinajstić information content (AvgIpc) is 2.50. The number of benzene rings is 2. The monoisotopic (exact) mass is 310 g/mol. The van der Waals surface area contributed by atoms with Crippen LogP contribution in [-0.4, -0.2) is 0 Å². The number of halogens is 4. The maximum absolute atomic E-state index is 14.5. The zero-order valence-electron chi connectivity index (χ0n) is 13.5. The molecule has 0 aliphatic heterocycles. The van der Waals surface area contributed by atoms with Crippen LogP contribution in [0.15, 0.2) is 0 Å². The van der Waals surface area contributed by atoms with Gasteiger partial charge in [-0.2, -0.15) is 0 Å². The predicted octanol–water partition coefficient (Wildman–Crippen LogP) is 5.76. The van der Waals surface area contributed by atoms with E-state index in [4.69, 9.17) is 0 Å². The molecule has 0 unspecified atom stereocenters. The molecule has 0 bridgehead atoms. The highest BCUT2D eigenvalue weighted by Crippen LogP contribution is 2.38. The van der Waals surface area contributed by atoms with Gasteiger partial charge in [0.25, 0.3) is 0 Å². The molecule has 22 heavy (non-hydrogen) atoms. The van der Waals surface area contributed by atoms with Crippen molar-refractivity contribution in [1.82, 2.24) is 0 Å². The molecule has 2 aromatic carbocycles. The first-order chi connectivity index (χ1) is 10.1. The second-order valence-electron chi connectivity index (χ2n) is 5.76. The molecule has 0 atom stereocenters. The van der Waals surface area contributed by atoms with Gasteiger partial charge in [0.2, 0.25) is 0 Å². The molecule has 0 aromatic heterocycles. The van der Waals surface area contributed by atoms with Gasteiger partial charge in [-0.05, 0) is 74.9 Å². The average molecular weight is 310 g/mol. The Labute approximate surface area is 127 Å².